The number of hydrogen-bond acceptors (Lipinski definition) is 3. The van der Waals surface area contributed by atoms with E-state index < -0.39 is 0 Å². The van der Waals surface area contributed by atoms with Gasteiger partial charge in [0.05, 0.1) is 0 Å². The molecule has 4 nitrogen and oxygen atoms in total. The average Bonchev–Trinajstić information content (AvgIpc) is 2.24. The van der Waals surface area contributed by atoms with Crippen LogP contribution in [0.25, 0.3) is 0 Å². The molecule has 0 spiro atoms. The van der Waals surface area contributed by atoms with E-state index >= 15 is 0 Å². The third-order valence-corrected chi connectivity index (χ3v) is 2.42. The molecule has 15 heavy (non-hydrogen) atoms. The summed E-state index contributed by atoms with van der Waals surface area (Å²) in [4.78, 5) is 13.2. The Hall–Kier alpha value is -0.610. The Morgan fingerprint density at radius 3 is 2.47 bits per heavy atom. The molecular formula is C11H24N2O2. The molecule has 0 aromatic rings. The van der Waals surface area contributed by atoms with Gasteiger partial charge in [0.25, 0.3) is 0 Å². The van der Waals surface area contributed by atoms with Crippen molar-refractivity contribution in [3.63, 3.8) is 0 Å². The number of amides is 1. The van der Waals surface area contributed by atoms with Crippen molar-refractivity contribution in [3.8, 4) is 0 Å². The van der Waals surface area contributed by atoms with Gasteiger partial charge in [-0.25, -0.2) is 0 Å². The van der Waals surface area contributed by atoms with Crippen LogP contribution in [0.1, 0.15) is 32.1 Å². The van der Waals surface area contributed by atoms with Crippen LogP contribution in [0.3, 0.4) is 0 Å². The molecule has 0 aromatic heterocycles. The summed E-state index contributed by atoms with van der Waals surface area (Å²) in [6.45, 7) is 2.31. The number of hydrogen-bond donors (Lipinski definition) is 2. The van der Waals surface area contributed by atoms with Crippen molar-refractivity contribution in [2.24, 2.45) is 0 Å². The summed E-state index contributed by atoms with van der Waals surface area (Å²) in [6, 6.07) is 0. The van der Waals surface area contributed by atoms with Crippen molar-refractivity contribution in [2.75, 3.05) is 33.8 Å². The van der Waals surface area contributed by atoms with E-state index in [4.69, 9.17) is 5.11 Å². The monoisotopic (exact) mass is 216 g/mol. The second-order valence-electron chi connectivity index (χ2n) is 3.86. The van der Waals surface area contributed by atoms with Crippen molar-refractivity contribution >= 4 is 5.91 Å². The van der Waals surface area contributed by atoms with Crippen molar-refractivity contribution in [1.82, 2.24) is 10.2 Å². The normalized spacial score (nSPS) is 10.7. The second-order valence-corrected chi connectivity index (χ2v) is 3.86. The standard InChI is InChI=1S/C11H24N2O2/c1-12-11(15)7-6-9-13(2)8-4-3-5-10-14/h14H,3-10H2,1-2H3,(H,12,15). The SMILES string of the molecule is CNC(=O)CCCN(C)CCCCCO. The molecule has 0 rings (SSSR count). The zero-order valence-electron chi connectivity index (χ0n) is 9.96. The Kier molecular flexibility index (Phi) is 9.52. The van der Waals surface area contributed by atoms with E-state index in [9.17, 15) is 4.79 Å². The molecule has 90 valence electrons. The Balaban J connectivity index is 3.25. The quantitative estimate of drug-likeness (QED) is 0.555. The van der Waals surface area contributed by atoms with E-state index in [0.29, 0.717) is 13.0 Å². The lowest BCUT2D eigenvalue weighted by Gasteiger charge is -2.15. The van der Waals surface area contributed by atoms with Crippen LogP contribution in [0.15, 0.2) is 0 Å². The molecule has 0 radical (unpaired) electrons. The summed E-state index contributed by atoms with van der Waals surface area (Å²) < 4.78 is 0. The molecule has 0 unspecified atom stereocenters. The van der Waals surface area contributed by atoms with Crippen molar-refractivity contribution in [1.29, 1.82) is 0 Å². The molecule has 0 heterocycles. The molecule has 0 aromatic carbocycles. The molecule has 0 saturated carbocycles. The summed E-state index contributed by atoms with van der Waals surface area (Å²) in [6.07, 6.45) is 4.62. The maximum Gasteiger partial charge on any atom is 0.219 e. The molecule has 0 fully saturated rings. The largest absolute Gasteiger partial charge is 0.396 e. The van der Waals surface area contributed by atoms with Crippen LogP contribution in [0.4, 0.5) is 0 Å². The summed E-state index contributed by atoms with van der Waals surface area (Å²) >= 11 is 0. The zero-order chi connectivity index (χ0) is 11.5. The minimum absolute atomic E-state index is 0.115. The summed E-state index contributed by atoms with van der Waals surface area (Å²) in [7, 11) is 3.74. The van der Waals surface area contributed by atoms with Crippen LogP contribution in [-0.4, -0.2) is 49.7 Å². The minimum Gasteiger partial charge on any atom is -0.396 e. The van der Waals surface area contributed by atoms with Crippen LogP contribution in [0, 0.1) is 0 Å². The van der Waals surface area contributed by atoms with E-state index in [1.54, 1.807) is 7.05 Å². The van der Waals surface area contributed by atoms with Crippen molar-refractivity contribution in [2.45, 2.75) is 32.1 Å². The summed E-state index contributed by atoms with van der Waals surface area (Å²) in [5, 5.41) is 11.2. The van der Waals surface area contributed by atoms with Gasteiger partial charge in [0, 0.05) is 20.1 Å². The fraction of sp³-hybridized carbons (Fsp3) is 0.909. The highest BCUT2D eigenvalue weighted by atomic mass is 16.2. The first-order valence-electron chi connectivity index (χ1n) is 5.70. The number of nitrogens with one attached hydrogen (secondary N) is 1. The Bertz CT molecular complexity index is 163. The van der Waals surface area contributed by atoms with Crippen LogP contribution in [0.2, 0.25) is 0 Å². The third-order valence-electron chi connectivity index (χ3n) is 2.42. The van der Waals surface area contributed by atoms with Gasteiger partial charge in [-0.15, -0.1) is 0 Å². The van der Waals surface area contributed by atoms with Gasteiger partial charge in [-0.05, 0) is 45.8 Å². The number of carbonyl (C=O) groups excluding carboxylic acids is 1. The van der Waals surface area contributed by atoms with Crippen LogP contribution in [0.5, 0.6) is 0 Å². The van der Waals surface area contributed by atoms with Crippen molar-refractivity contribution in [3.05, 3.63) is 0 Å². The zero-order valence-corrected chi connectivity index (χ0v) is 9.96. The predicted molar refractivity (Wildman–Crippen MR) is 61.7 cm³/mol. The molecule has 1 amide bonds. The fourth-order valence-electron chi connectivity index (χ4n) is 1.42. The highest BCUT2D eigenvalue weighted by Crippen LogP contribution is 1.98. The van der Waals surface area contributed by atoms with Gasteiger partial charge in [-0.3, -0.25) is 4.79 Å². The number of nitrogens with zero attached hydrogens (tertiary/aromatic N) is 1. The highest BCUT2D eigenvalue weighted by Gasteiger charge is 2.01. The molecule has 4 heteroatoms. The summed E-state index contributed by atoms with van der Waals surface area (Å²) in [5.41, 5.74) is 0. The van der Waals surface area contributed by atoms with E-state index in [2.05, 4.69) is 17.3 Å². The van der Waals surface area contributed by atoms with Gasteiger partial charge in [0.2, 0.25) is 5.91 Å². The van der Waals surface area contributed by atoms with E-state index in [1.807, 2.05) is 0 Å². The Morgan fingerprint density at radius 1 is 1.20 bits per heavy atom. The number of carbonyl (C=O) groups is 1. The molecule has 2 N–H and O–H groups in total. The summed E-state index contributed by atoms with van der Waals surface area (Å²) in [5.74, 6) is 0.115. The minimum atomic E-state index is 0.115. The molecular weight excluding hydrogens is 192 g/mol. The lowest BCUT2D eigenvalue weighted by atomic mass is 10.2. The highest BCUT2D eigenvalue weighted by molar-refractivity contribution is 5.75. The number of aliphatic hydroxyl groups is 1. The molecule has 0 atom stereocenters. The molecule has 0 saturated heterocycles. The first-order chi connectivity index (χ1) is 7.20. The lowest BCUT2D eigenvalue weighted by Crippen LogP contribution is -2.23. The van der Waals surface area contributed by atoms with Gasteiger partial charge in [0.1, 0.15) is 0 Å². The van der Waals surface area contributed by atoms with E-state index in [0.717, 1.165) is 38.8 Å². The predicted octanol–water partition coefficient (Wildman–Crippen LogP) is 0.607. The van der Waals surface area contributed by atoms with Crippen LogP contribution >= 0.6 is 0 Å². The van der Waals surface area contributed by atoms with Gasteiger partial charge in [-0.1, -0.05) is 0 Å². The van der Waals surface area contributed by atoms with E-state index in [-0.39, 0.29) is 5.91 Å². The fourth-order valence-corrected chi connectivity index (χ4v) is 1.42. The van der Waals surface area contributed by atoms with E-state index in [1.165, 1.54) is 0 Å². The Morgan fingerprint density at radius 2 is 1.87 bits per heavy atom. The molecule has 0 aliphatic rings. The van der Waals surface area contributed by atoms with Gasteiger partial charge in [-0.2, -0.15) is 0 Å². The smallest absolute Gasteiger partial charge is 0.219 e. The molecule has 0 bridgehead atoms. The van der Waals surface area contributed by atoms with Gasteiger partial charge in [0.15, 0.2) is 0 Å². The number of rotatable bonds is 9. The molecule has 0 aliphatic carbocycles. The molecule has 0 aliphatic heterocycles. The van der Waals surface area contributed by atoms with Crippen LogP contribution in [-0.2, 0) is 4.79 Å². The lowest BCUT2D eigenvalue weighted by molar-refractivity contribution is -0.120. The third kappa shape index (κ3) is 9.69. The number of unbranched alkanes of at least 4 members (excludes halogenated alkanes) is 2. The Labute approximate surface area is 92.7 Å². The number of aliphatic hydroxyl groups excluding tert-OH is 1. The van der Waals surface area contributed by atoms with Crippen LogP contribution < -0.4 is 5.32 Å². The second kappa shape index (κ2) is 9.93. The topological polar surface area (TPSA) is 52.6 Å². The first kappa shape index (κ1) is 14.4. The van der Waals surface area contributed by atoms with Gasteiger partial charge < -0.3 is 15.3 Å². The van der Waals surface area contributed by atoms with Gasteiger partial charge >= 0.3 is 0 Å². The van der Waals surface area contributed by atoms with Crippen molar-refractivity contribution < 1.29 is 9.90 Å². The maximum absolute atomic E-state index is 10.9. The first-order valence-corrected chi connectivity index (χ1v) is 5.70. The average molecular weight is 216 g/mol. The maximum atomic E-state index is 10.9.